The minimum Gasteiger partial charge on any atom is -0.353 e. The fraction of sp³-hybridized carbons (Fsp3) is 0.444. The van der Waals surface area contributed by atoms with E-state index in [-0.39, 0.29) is 5.54 Å². The number of fused-ring (bicyclic) bond motifs is 1. The van der Waals surface area contributed by atoms with Crippen molar-refractivity contribution in [2.24, 2.45) is 0 Å². The molecule has 0 bridgehead atoms. The van der Waals surface area contributed by atoms with E-state index >= 15 is 0 Å². The first-order valence-corrected chi connectivity index (χ1v) is 8.61. The van der Waals surface area contributed by atoms with Crippen molar-refractivity contribution in [3.63, 3.8) is 0 Å². The summed E-state index contributed by atoms with van der Waals surface area (Å²) in [6.45, 7) is 8.63. The van der Waals surface area contributed by atoms with Crippen LogP contribution in [0.2, 0.25) is 0 Å². The highest BCUT2D eigenvalue weighted by atomic mass is 32.2. The van der Waals surface area contributed by atoms with Gasteiger partial charge in [0.05, 0.1) is 0 Å². The zero-order valence-corrected chi connectivity index (χ0v) is 13.9. The summed E-state index contributed by atoms with van der Waals surface area (Å²) in [7, 11) is 0. The molecule has 1 aromatic heterocycles. The van der Waals surface area contributed by atoms with E-state index in [0.717, 1.165) is 13.1 Å². The number of hydrogen-bond donors (Lipinski definition) is 1. The Morgan fingerprint density at radius 3 is 2.86 bits per heavy atom. The van der Waals surface area contributed by atoms with Crippen LogP contribution >= 0.6 is 11.8 Å². The van der Waals surface area contributed by atoms with Gasteiger partial charge >= 0.3 is 0 Å². The van der Waals surface area contributed by atoms with Gasteiger partial charge in [-0.05, 0) is 44.0 Å². The van der Waals surface area contributed by atoms with Gasteiger partial charge < -0.3 is 9.88 Å². The summed E-state index contributed by atoms with van der Waals surface area (Å²) >= 11 is 1.99. The van der Waals surface area contributed by atoms with Gasteiger partial charge in [-0.3, -0.25) is 0 Å². The maximum atomic E-state index is 3.54. The molecular formula is C18H24N2S. The van der Waals surface area contributed by atoms with Crippen molar-refractivity contribution >= 4 is 11.8 Å². The Labute approximate surface area is 131 Å². The van der Waals surface area contributed by atoms with Gasteiger partial charge in [0.2, 0.25) is 0 Å². The minimum absolute atomic E-state index is 0.170. The first-order valence-electron chi connectivity index (χ1n) is 7.63. The van der Waals surface area contributed by atoms with Crippen LogP contribution < -0.4 is 5.32 Å². The van der Waals surface area contributed by atoms with Crippen molar-refractivity contribution in [2.75, 3.05) is 5.75 Å². The zero-order valence-electron chi connectivity index (χ0n) is 13.1. The van der Waals surface area contributed by atoms with Crippen LogP contribution in [-0.2, 0) is 13.1 Å². The molecule has 3 rings (SSSR count). The lowest BCUT2D eigenvalue weighted by Crippen LogP contribution is -2.34. The molecule has 2 heterocycles. The minimum atomic E-state index is 0.170. The molecule has 0 fully saturated rings. The van der Waals surface area contributed by atoms with E-state index in [1.165, 1.54) is 21.8 Å². The summed E-state index contributed by atoms with van der Waals surface area (Å²) in [5.74, 6) is 1.84. The number of benzene rings is 1. The monoisotopic (exact) mass is 300 g/mol. The lowest BCUT2D eigenvalue weighted by Gasteiger charge is -2.20. The maximum absolute atomic E-state index is 3.54. The molecule has 1 aliphatic rings. The van der Waals surface area contributed by atoms with Gasteiger partial charge in [0.25, 0.3) is 0 Å². The molecule has 0 spiro atoms. The fourth-order valence-corrected chi connectivity index (χ4v) is 3.95. The van der Waals surface area contributed by atoms with E-state index in [2.05, 4.69) is 73.4 Å². The Morgan fingerprint density at radius 2 is 2.05 bits per heavy atom. The fourth-order valence-electron chi connectivity index (χ4n) is 2.71. The van der Waals surface area contributed by atoms with Gasteiger partial charge in [0.15, 0.2) is 0 Å². The third-order valence-corrected chi connectivity index (χ3v) is 5.12. The Kier molecular flexibility index (Phi) is 4.14. The summed E-state index contributed by atoms with van der Waals surface area (Å²) in [5.41, 5.74) is 3.05. The van der Waals surface area contributed by atoms with Crippen LogP contribution in [0.25, 0.3) is 0 Å². The van der Waals surface area contributed by atoms with Gasteiger partial charge in [-0.15, -0.1) is 11.8 Å². The lowest BCUT2D eigenvalue weighted by molar-refractivity contribution is 0.424. The Bertz CT molecular complexity index is 610. The lowest BCUT2D eigenvalue weighted by atomic mass is 10.0. The standard InChI is InChI=1S/C18H24N2S/c1-18(2,3)19-10-14-8-9-20(11-14)12-15-13-21-17-7-5-4-6-16(15)17/h4-9,11,15,19H,10,12-13H2,1-3H3. The van der Waals surface area contributed by atoms with Gasteiger partial charge in [0.1, 0.15) is 0 Å². The molecule has 112 valence electrons. The second-order valence-corrected chi connectivity index (χ2v) is 7.93. The molecule has 3 heteroatoms. The topological polar surface area (TPSA) is 17.0 Å². The third kappa shape index (κ3) is 3.72. The number of nitrogens with one attached hydrogen (secondary N) is 1. The van der Waals surface area contributed by atoms with E-state index in [0.29, 0.717) is 5.92 Å². The average molecular weight is 300 g/mol. The Balaban J connectivity index is 1.63. The molecule has 0 radical (unpaired) electrons. The van der Waals surface area contributed by atoms with Crippen LogP contribution in [0.1, 0.15) is 37.8 Å². The summed E-state index contributed by atoms with van der Waals surface area (Å²) in [6, 6.07) is 11.1. The molecule has 0 aliphatic carbocycles. The number of aromatic nitrogens is 1. The van der Waals surface area contributed by atoms with E-state index in [4.69, 9.17) is 0 Å². The largest absolute Gasteiger partial charge is 0.353 e. The predicted molar refractivity (Wildman–Crippen MR) is 90.9 cm³/mol. The summed E-state index contributed by atoms with van der Waals surface area (Å²) in [5, 5.41) is 3.54. The highest BCUT2D eigenvalue weighted by molar-refractivity contribution is 7.99. The highest BCUT2D eigenvalue weighted by Crippen LogP contribution is 2.40. The number of nitrogens with zero attached hydrogens (tertiary/aromatic N) is 1. The smallest absolute Gasteiger partial charge is 0.0297 e. The van der Waals surface area contributed by atoms with Crippen LogP contribution in [0.15, 0.2) is 47.6 Å². The van der Waals surface area contributed by atoms with Crippen LogP contribution in [0.4, 0.5) is 0 Å². The van der Waals surface area contributed by atoms with Crippen molar-refractivity contribution in [1.29, 1.82) is 0 Å². The molecule has 1 atom stereocenters. The Hall–Kier alpha value is -1.19. The van der Waals surface area contributed by atoms with Crippen molar-refractivity contribution in [3.8, 4) is 0 Å². The van der Waals surface area contributed by atoms with Crippen molar-refractivity contribution < 1.29 is 0 Å². The zero-order chi connectivity index (χ0) is 14.9. The normalized spacial score (nSPS) is 18.0. The quantitative estimate of drug-likeness (QED) is 0.908. The van der Waals surface area contributed by atoms with E-state index in [1.54, 1.807) is 0 Å². The highest BCUT2D eigenvalue weighted by Gasteiger charge is 2.22. The molecule has 0 saturated carbocycles. The second kappa shape index (κ2) is 5.90. The third-order valence-electron chi connectivity index (χ3n) is 3.86. The average Bonchev–Trinajstić information content (AvgIpc) is 3.04. The molecule has 1 aromatic carbocycles. The van der Waals surface area contributed by atoms with Gasteiger partial charge in [0, 0.05) is 47.6 Å². The van der Waals surface area contributed by atoms with Crippen molar-refractivity contribution in [3.05, 3.63) is 53.9 Å². The second-order valence-electron chi connectivity index (χ2n) is 6.87. The summed E-state index contributed by atoms with van der Waals surface area (Å²) in [4.78, 5) is 1.46. The Morgan fingerprint density at radius 1 is 1.24 bits per heavy atom. The summed E-state index contributed by atoms with van der Waals surface area (Å²) in [6.07, 6.45) is 4.50. The predicted octanol–water partition coefficient (Wildman–Crippen LogP) is 4.27. The molecule has 2 aromatic rings. The molecule has 1 unspecified atom stereocenters. The molecule has 21 heavy (non-hydrogen) atoms. The van der Waals surface area contributed by atoms with Gasteiger partial charge in [-0.2, -0.15) is 0 Å². The van der Waals surface area contributed by atoms with Crippen molar-refractivity contribution in [2.45, 2.75) is 50.2 Å². The number of hydrogen-bond acceptors (Lipinski definition) is 2. The molecular weight excluding hydrogens is 276 g/mol. The molecule has 2 nitrogen and oxygen atoms in total. The van der Waals surface area contributed by atoms with Crippen LogP contribution in [0.3, 0.4) is 0 Å². The number of rotatable bonds is 4. The maximum Gasteiger partial charge on any atom is 0.0297 e. The van der Waals surface area contributed by atoms with Crippen LogP contribution in [-0.4, -0.2) is 15.9 Å². The van der Waals surface area contributed by atoms with Gasteiger partial charge in [-0.1, -0.05) is 18.2 Å². The first-order chi connectivity index (χ1) is 10.0. The van der Waals surface area contributed by atoms with Gasteiger partial charge in [-0.25, -0.2) is 0 Å². The number of thioether (sulfide) groups is 1. The van der Waals surface area contributed by atoms with Crippen LogP contribution in [0.5, 0.6) is 0 Å². The van der Waals surface area contributed by atoms with E-state index in [1.807, 2.05) is 11.8 Å². The SMILES string of the molecule is CC(C)(C)NCc1ccn(CC2CSc3ccccc32)c1. The van der Waals surface area contributed by atoms with Crippen LogP contribution in [0, 0.1) is 0 Å². The van der Waals surface area contributed by atoms with Crippen molar-refractivity contribution in [1.82, 2.24) is 9.88 Å². The first kappa shape index (κ1) is 14.7. The molecule has 0 saturated heterocycles. The van der Waals surface area contributed by atoms with E-state index < -0.39 is 0 Å². The molecule has 0 amide bonds. The molecule has 1 N–H and O–H groups in total. The van der Waals surface area contributed by atoms with E-state index in [9.17, 15) is 0 Å². The summed E-state index contributed by atoms with van der Waals surface area (Å²) < 4.78 is 2.34. The molecule has 1 aliphatic heterocycles.